The molecule has 1 aliphatic rings. The minimum Gasteiger partial charge on any atom is -0.297 e. The lowest BCUT2D eigenvalue weighted by atomic mass is 10.2. The highest BCUT2D eigenvalue weighted by Gasteiger charge is 2.17. The third-order valence-corrected chi connectivity index (χ3v) is 4.44. The van der Waals surface area contributed by atoms with Crippen molar-refractivity contribution in [3.05, 3.63) is 76.8 Å². The largest absolute Gasteiger partial charge is 0.297 e. The summed E-state index contributed by atoms with van der Waals surface area (Å²) >= 11 is 6.42. The highest BCUT2D eigenvalue weighted by atomic mass is 35.5. The number of hydrogen-bond donors (Lipinski definition) is 0. The molecular formula is C20H23ClN2. The van der Waals surface area contributed by atoms with Gasteiger partial charge in [-0.25, -0.2) is 0 Å². The maximum absolute atomic E-state index is 6.42. The maximum atomic E-state index is 6.42. The Hall–Kier alpha value is -1.61. The van der Waals surface area contributed by atoms with Gasteiger partial charge >= 0.3 is 0 Å². The molecule has 0 N–H and O–H groups in total. The van der Waals surface area contributed by atoms with E-state index in [-0.39, 0.29) is 0 Å². The third-order valence-electron chi connectivity index (χ3n) is 4.21. The highest BCUT2D eigenvalue weighted by molar-refractivity contribution is 6.31. The first-order valence-electron chi connectivity index (χ1n) is 8.19. The van der Waals surface area contributed by atoms with Gasteiger partial charge in [0.25, 0.3) is 0 Å². The van der Waals surface area contributed by atoms with Crippen molar-refractivity contribution in [3.63, 3.8) is 0 Å². The Morgan fingerprint density at radius 1 is 0.826 bits per heavy atom. The molecule has 1 aliphatic heterocycles. The Kier molecular flexibility index (Phi) is 5.87. The van der Waals surface area contributed by atoms with E-state index in [1.165, 1.54) is 11.1 Å². The molecule has 0 saturated carbocycles. The van der Waals surface area contributed by atoms with Crippen molar-refractivity contribution in [1.29, 1.82) is 0 Å². The fourth-order valence-corrected chi connectivity index (χ4v) is 3.23. The zero-order valence-corrected chi connectivity index (χ0v) is 14.1. The SMILES string of the molecule is ClC(=Cc1ccccc1)CN1CCN(Cc2ccccc2)CC1. The van der Waals surface area contributed by atoms with Crippen LogP contribution in [0.1, 0.15) is 11.1 Å². The zero-order valence-electron chi connectivity index (χ0n) is 13.4. The van der Waals surface area contributed by atoms with Crippen LogP contribution in [0.5, 0.6) is 0 Å². The van der Waals surface area contributed by atoms with Crippen LogP contribution in [0.2, 0.25) is 0 Å². The summed E-state index contributed by atoms with van der Waals surface area (Å²) < 4.78 is 0. The van der Waals surface area contributed by atoms with E-state index in [9.17, 15) is 0 Å². The molecule has 0 spiro atoms. The fourth-order valence-electron chi connectivity index (χ4n) is 2.94. The number of rotatable bonds is 5. The van der Waals surface area contributed by atoms with Gasteiger partial charge in [-0.1, -0.05) is 72.3 Å². The Bertz CT molecular complexity index is 617. The molecule has 3 heteroatoms. The van der Waals surface area contributed by atoms with Crippen LogP contribution in [0, 0.1) is 0 Å². The van der Waals surface area contributed by atoms with Crippen molar-refractivity contribution in [2.75, 3.05) is 32.7 Å². The second-order valence-electron chi connectivity index (χ2n) is 6.04. The molecule has 2 aromatic carbocycles. The average Bonchev–Trinajstić information content (AvgIpc) is 2.58. The van der Waals surface area contributed by atoms with Gasteiger partial charge in [-0.2, -0.15) is 0 Å². The van der Waals surface area contributed by atoms with Crippen LogP contribution in [0.15, 0.2) is 65.7 Å². The first-order chi connectivity index (χ1) is 11.3. The van der Waals surface area contributed by atoms with Crippen LogP contribution in [-0.4, -0.2) is 42.5 Å². The van der Waals surface area contributed by atoms with E-state index >= 15 is 0 Å². The van der Waals surface area contributed by atoms with Gasteiger partial charge in [0, 0.05) is 44.3 Å². The molecule has 2 aromatic rings. The molecule has 23 heavy (non-hydrogen) atoms. The second-order valence-corrected chi connectivity index (χ2v) is 6.53. The van der Waals surface area contributed by atoms with Crippen molar-refractivity contribution >= 4 is 17.7 Å². The zero-order chi connectivity index (χ0) is 15.9. The summed E-state index contributed by atoms with van der Waals surface area (Å²) in [5, 5.41) is 0.910. The van der Waals surface area contributed by atoms with Crippen molar-refractivity contribution in [3.8, 4) is 0 Å². The Morgan fingerprint density at radius 3 is 2.04 bits per heavy atom. The van der Waals surface area contributed by atoms with Crippen LogP contribution in [0.3, 0.4) is 0 Å². The van der Waals surface area contributed by atoms with Crippen molar-refractivity contribution in [2.24, 2.45) is 0 Å². The Labute approximate surface area is 144 Å². The molecule has 0 radical (unpaired) electrons. The number of hydrogen-bond acceptors (Lipinski definition) is 2. The smallest absolute Gasteiger partial charge is 0.0342 e. The summed E-state index contributed by atoms with van der Waals surface area (Å²) in [6.45, 7) is 6.24. The predicted molar refractivity (Wildman–Crippen MR) is 98.4 cm³/mol. The van der Waals surface area contributed by atoms with E-state index in [1.54, 1.807) is 0 Å². The summed E-state index contributed by atoms with van der Waals surface area (Å²) in [6.07, 6.45) is 2.07. The molecule has 1 heterocycles. The summed E-state index contributed by atoms with van der Waals surface area (Å²) in [7, 11) is 0. The number of nitrogens with zero attached hydrogens (tertiary/aromatic N) is 2. The molecule has 1 saturated heterocycles. The normalized spacial score (nSPS) is 17.3. The standard InChI is InChI=1S/C20H23ClN2/c21-20(15-18-7-3-1-4-8-18)17-23-13-11-22(12-14-23)16-19-9-5-2-6-10-19/h1-10,15H,11-14,16-17H2. The van der Waals surface area contributed by atoms with Crippen LogP contribution in [0.4, 0.5) is 0 Å². The van der Waals surface area contributed by atoms with Crippen molar-refractivity contribution < 1.29 is 0 Å². The molecular weight excluding hydrogens is 304 g/mol. The topological polar surface area (TPSA) is 6.48 Å². The minimum absolute atomic E-state index is 0.843. The van der Waals surface area contributed by atoms with Gasteiger partial charge in [0.15, 0.2) is 0 Å². The average molecular weight is 327 g/mol. The lowest BCUT2D eigenvalue weighted by Gasteiger charge is -2.34. The first-order valence-corrected chi connectivity index (χ1v) is 8.57. The highest BCUT2D eigenvalue weighted by Crippen LogP contribution is 2.14. The van der Waals surface area contributed by atoms with Crippen LogP contribution in [0.25, 0.3) is 6.08 Å². The number of piperazine rings is 1. The lowest BCUT2D eigenvalue weighted by molar-refractivity contribution is 0.136. The van der Waals surface area contributed by atoms with Gasteiger partial charge < -0.3 is 0 Å². The Morgan fingerprint density at radius 2 is 1.39 bits per heavy atom. The van der Waals surface area contributed by atoms with Crippen LogP contribution >= 0.6 is 11.6 Å². The molecule has 0 aromatic heterocycles. The lowest BCUT2D eigenvalue weighted by Crippen LogP contribution is -2.46. The summed E-state index contributed by atoms with van der Waals surface area (Å²) in [6, 6.07) is 21.0. The van der Waals surface area contributed by atoms with Crippen molar-refractivity contribution in [2.45, 2.75) is 6.54 Å². The fraction of sp³-hybridized carbons (Fsp3) is 0.300. The van der Waals surface area contributed by atoms with Gasteiger partial charge in [0.1, 0.15) is 0 Å². The Balaban J connectivity index is 1.46. The van der Waals surface area contributed by atoms with Gasteiger partial charge in [-0.05, 0) is 17.2 Å². The predicted octanol–water partition coefficient (Wildman–Crippen LogP) is 4.08. The van der Waals surface area contributed by atoms with E-state index in [4.69, 9.17) is 11.6 Å². The molecule has 1 fully saturated rings. The monoisotopic (exact) mass is 326 g/mol. The first kappa shape index (κ1) is 16.3. The molecule has 0 aliphatic carbocycles. The van der Waals surface area contributed by atoms with Gasteiger partial charge in [0.2, 0.25) is 0 Å². The van der Waals surface area contributed by atoms with Gasteiger partial charge in [-0.15, -0.1) is 0 Å². The summed E-state index contributed by atoms with van der Waals surface area (Å²) in [5.74, 6) is 0. The third kappa shape index (κ3) is 5.21. The van der Waals surface area contributed by atoms with Crippen LogP contribution in [-0.2, 0) is 6.54 Å². The molecule has 0 bridgehead atoms. The minimum atomic E-state index is 0.843. The number of halogens is 1. The number of benzene rings is 2. The summed E-state index contributed by atoms with van der Waals surface area (Å²) in [4.78, 5) is 4.95. The molecule has 0 unspecified atom stereocenters. The van der Waals surface area contributed by atoms with E-state index in [2.05, 4.69) is 58.3 Å². The van der Waals surface area contributed by atoms with Gasteiger partial charge in [-0.3, -0.25) is 9.80 Å². The second kappa shape index (κ2) is 8.30. The van der Waals surface area contributed by atoms with E-state index in [0.29, 0.717) is 0 Å². The van der Waals surface area contributed by atoms with Crippen molar-refractivity contribution in [1.82, 2.24) is 9.80 Å². The van der Waals surface area contributed by atoms with E-state index in [1.807, 2.05) is 18.2 Å². The van der Waals surface area contributed by atoms with E-state index in [0.717, 1.165) is 44.3 Å². The molecule has 120 valence electrons. The van der Waals surface area contributed by atoms with Gasteiger partial charge in [0.05, 0.1) is 0 Å². The summed E-state index contributed by atoms with van der Waals surface area (Å²) in [5.41, 5.74) is 2.56. The molecule has 0 amide bonds. The van der Waals surface area contributed by atoms with E-state index < -0.39 is 0 Å². The van der Waals surface area contributed by atoms with Crippen LogP contribution < -0.4 is 0 Å². The molecule has 0 atom stereocenters. The maximum Gasteiger partial charge on any atom is 0.0342 e. The molecule has 2 nitrogen and oxygen atoms in total. The quantitative estimate of drug-likeness (QED) is 0.816. The molecule has 3 rings (SSSR count).